The van der Waals surface area contributed by atoms with Gasteiger partial charge >= 0.3 is 17.9 Å². The van der Waals surface area contributed by atoms with E-state index < -0.39 is 135 Å². The lowest BCUT2D eigenvalue weighted by Crippen LogP contribution is -2.62. The highest BCUT2D eigenvalue weighted by Gasteiger charge is 2.52. The third kappa shape index (κ3) is 4.97. The van der Waals surface area contributed by atoms with Crippen molar-refractivity contribution in [3.8, 4) is 62.9 Å². The number of benzene rings is 3. The number of carbonyl (C=O) groups excluding carboxylic acids is 3. The van der Waals surface area contributed by atoms with Crippen LogP contribution in [0.25, 0.3) is 11.1 Å². The van der Waals surface area contributed by atoms with E-state index in [1.165, 1.54) is 0 Å². The first kappa shape index (κ1) is 30.6. The highest BCUT2D eigenvalue weighted by Crippen LogP contribution is 2.53. The Labute approximate surface area is 248 Å². The minimum absolute atomic E-state index is 0.529. The average molecular weight is 634 g/mol. The minimum Gasteiger partial charge on any atom is -0.504 e. The molecule has 238 valence electrons. The van der Waals surface area contributed by atoms with Crippen molar-refractivity contribution in [3.05, 3.63) is 41.0 Å². The molecule has 0 aromatic heterocycles. The van der Waals surface area contributed by atoms with Crippen LogP contribution in [0, 0.1) is 0 Å². The van der Waals surface area contributed by atoms with Crippen molar-refractivity contribution in [2.45, 2.75) is 30.7 Å². The summed E-state index contributed by atoms with van der Waals surface area (Å²) < 4.78 is 21.3. The van der Waals surface area contributed by atoms with Crippen molar-refractivity contribution >= 4 is 17.9 Å². The Kier molecular flexibility index (Phi) is 7.49. The van der Waals surface area contributed by atoms with Gasteiger partial charge in [-0.05, 0) is 24.3 Å². The summed E-state index contributed by atoms with van der Waals surface area (Å²) in [7, 11) is 0. The SMILES string of the molecule is O=C(O[C@H]1O[C@H](CO)[C@@H](O)[C@@H]2OC(=O)c3cc(O)c(O)c(O)c3-c3c(cc(O)c(O)c3O)C(=O)O[C@H]12)c1cc(O)c(O)c(O)c1. The molecular formula is C27H22O18. The van der Waals surface area contributed by atoms with E-state index in [9.17, 15) is 70.6 Å². The maximum Gasteiger partial charge on any atom is 0.340 e. The van der Waals surface area contributed by atoms with Crippen molar-refractivity contribution < 1.29 is 89.5 Å². The molecule has 18 nitrogen and oxygen atoms in total. The predicted molar refractivity (Wildman–Crippen MR) is 139 cm³/mol. The molecule has 0 spiro atoms. The summed E-state index contributed by atoms with van der Waals surface area (Å²) in [6.45, 7) is -0.999. The maximum absolute atomic E-state index is 13.6. The zero-order valence-corrected chi connectivity index (χ0v) is 22.2. The number of phenols is 9. The van der Waals surface area contributed by atoms with E-state index in [0.29, 0.717) is 24.3 Å². The van der Waals surface area contributed by atoms with Crippen LogP contribution in [0.4, 0.5) is 0 Å². The van der Waals surface area contributed by atoms with Gasteiger partial charge in [-0.2, -0.15) is 0 Å². The number of phenolic OH excluding ortho intramolecular Hbond substituents is 9. The van der Waals surface area contributed by atoms with Crippen molar-refractivity contribution in [1.29, 1.82) is 0 Å². The molecule has 45 heavy (non-hydrogen) atoms. The summed E-state index contributed by atoms with van der Waals surface area (Å²) in [4.78, 5) is 40.0. The topological polar surface area (TPSA) is 311 Å². The van der Waals surface area contributed by atoms with Crippen LogP contribution in [0.5, 0.6) is 51.7 Å². The summed E-state index contributed by atoms with van der Waals surface area (Å²) in [6, 6.07) is 2.42. The molecule has 2 aliphatic rings. The quantitative estimate of drug-likeness (QED) is 0.100. The molecule has 11 N–H and O–H groups in total. The van der Waals surface area contributed by atoms with Crippen LogP contribution in [0.15, 0.2) is 24.3 Å². The molecule has 0 aliphatic carbocycles. The van der Waals surface area contributed by atoms with Gasteiger partial charge in [0.1, 0.15) is 12.2 Å². The molecule has 3 aromatic rings. The summed E-state index contributed by atoms with van der Waals surface area (Å²) in [5.41, 5.74) is -4.17. The maximum atomic E-state index is 13.6. The standard InChI is InChI=1S/C27H22O18/c28-5-13-19(36)22-23(27(42-13)45-24(39)6-1-9(29)16(33)10(30)2-6)44-26(41)8-4-12(32)18(35)21(38)15(8)14-7(25(40)43-22)3-11(31)17(34)20(14)37/h1-4,13,19,22-23,27-38H,5H2/t13-,19-,22+,23+,27-/m1/s1. The number of esters is 3. The van der Waals surface area contributed by atoms with Crippen molar-refractivity contribution in [3.63, 3.8) is 0 Å². The Morgan fingerprint density at radius 3 is 1.58 bits per heavy atom. The molecule has 18 heteroatoms. The minimum atomic E-state index is -2.15. The van der Waals surface area contributed by atoms with E-state index in [1.807, 2.05) is 0 Å². The molecule has 0 bridgehead atoms. The van der Waals surface area contributed by atoms with Crippen LogP contribution in [-0.4, -0.2) is 111 Å². The lowest BCUT2D eigenvalue weighted by molar-refractivity contribution is -0.283. The molecule has 5 rings (SSSR count). The van der Waals surface area contributed by atoms with E-state index in [-0.39, 0.29) is 0 Å². The van der Waals surface area contributed by atoms with Crippen LogP contribution in [-0.2, 0) is 18.9 Å². The van der Waals surface area contributed by atoms with Gasteiger partial charge in [-0.15, -0.1) is 0 Å². The van der Waals surface area contributed by atoms with Gasteiger partial charge < -0.3 is 75.1 Å². The number of hydrogen-bond acceptors (Lipinski definition) is 18. The molecule has 1 saturated heterocycles. The van der Waals surface area contributed by atoms with Crippen LogP contribution < -0.4 is 0 Å². The first-order valence-corrected chi connectivity index (χ1v) is 12.5. The number of ether oxygens (including phenoxy) is 4. The summed E-state index contributed by atoms with van der Waals surface area (Å²) >= 11 is 0. The van der Waals surface area contributed by atoms with E-state index in [1.54, 1.807) is 0 Å². The van der Waals surface area contributed by atoms with Gasteiger partial charge in [-0.3, -0.25) is 0 Å². The molecular weight excluding hydrogens is 612 g/mol. The van der Waals surface area contributed by atoms with E-state index >= 15 is 0 Å². The second-order valence-corrected chi connectivity index (χ2v) is 9.76. The highest BCUT2D eigenvalue weighted by atomic mass is 16.7. The second kappa shape index (κ2) is 11.0. The van der Waals surface area contributed by atoms with Gasteiger partial charge in [0.15, 0.2) is 46.4 Å². The van der Waals surface area contributed by atoms with E-state index in [0.717, 1.165) is 0 Å². The number of hydrogen-bond donors (Lipinski definition) is 11. The normalized spacial score (nSPS) is 22.7. The molecule has 0 amide bonds. The fourth-order valence-electron chi connectivity index (χ4n) is 4.78. The van der Waals surface area contributed by atoms with E-state index in [4.69, 9.17) is 18.9 Å². The van der Waals surface area contributed by atoms with Crippen LogP contribution >= 0.6 is 0 Å². The Morgan fingerprint density at radius 2 is 1.11 bits per heavy atom. The summed E-state index contributed by atoms with van der Waals surface area (Å²) in [6.07, 6.45) is -10.1. The number of aliphatic hydroxyl groups excluding tert-OH is 2. The molecule has 1 fully saturated rings. The molecule has 0 saturated carbocycles. The zero-order valence-electron chi connectivity index (χ0n) is 22.2. The van der Waals surface area contributed by atoms with Gasteiger partial charge in [0.05, 0.1) is 23.3 Å². The van der Waals surface area contributed by atoms with Gasteiger partial charge in [0, 0.05) is 11.1 Å². The molecule has 0 radical (unpaired) electrons. The van der Waals surface area contributed by atoms with Gasteiger partial charge in [0.2, 0.25) is 23.9 Å². The summed E-state index contributed by atoms with van der Waals surface area (Å²) in [5.74, 6) is -14.7. The lowest BCUT2D eigenvalue weighted by atomic mass is 9.91. The number of fused-ring (bicyclic) bond motifs is 4. The van der Waals surface area contributed by atoms with Crippen molar-refractivity contribution in [2.75, 3.05) is 6.61 Å². The predicted octanol–water partition coefficient (Wildman–Crippen LogP) is -0.297. The van der Waals surface area contributed by atoms with Crippen LogP contribution in [0.3, 0.4) is 0 Å². The van der Waals surface area contributed by atoms with Gasteiger partial charge in [-0.1, -0.05) is 0 Å². The Morgan fingerprint density at radius 1 is 0.667 bits per heavy atom. The average Bonchev–Trinajstić information content (AvgIpc) is 2.99. The molecule has 0 unspecified atom stereocenters. The van der Waals surface area contributed by atoms with Crippen molar-refractivity contribution in [2.24, 2.45) is 0 Å². The largest absolute Gasteiger partial charge is 0.504 e. The molecule has 2 aliphatic heterocycles. The first-order chi connectivity index (χ1) is 21.2. The van der Waals surface area contributed by atoms with Gasteiger partial charge in [-0.25, -0.2) is 14.4 Å². The number of aromatic hydroxyl groups is 9. The molecule has 2 heterocycles. The van der Waals surface area contributed by atoms with Gasteiger partial charge in [0.25, 0.3) is 0 Å². The third-order valence-electron chi connectivity index (χ3n) is 7.01. The molecule has 3 aromatic carbocycles. The Bertz CT molecular complexity index is 1730. The Balaban J connectivity index is 1.68. The fourth-order valence-corrected chi connectivity index (χ4v) is 4.78. The monoisotopic (exact) mass is 634 g/mol. The first-order valence-electron chi connectivity index (χ1n) is 12.5. The number of aliphatic hydroxyl groups is 2. The number of carbonyl (C=O) groups is 3. The summed E-state index contributed by atoms with van der Waals surface area (Å²) in [5, 5.41) is 112. The highest BCUT2D eigenvalue weighted by molar-refractivity contribution is 6.08. The third-order valence-corrected chi connectivity index (χ3v) is 7.01. The van der Waals surface area contributed by atoms with Crippen molar-refractivity contribution in [1.82, 2.24) is 0 Å². The Hall–Kier alpha value is -5.85. The smallest absolute Gasteiger partial charge is 0.340 e. The molecule has 5 atom stereocenters. The van der Waals surface area contributed by atoms with Crippen LogP contribution in [0.2, 0.25) is 0 Å². The van der Waals surface area contributed by atoms with E-state index in [2.05, 4.69) is 0 Å². The second-order valence-electron chi connectivity index (χ2n) is 9.76. The lowest BCUT2D eigenvalue weighted by Gasteiger charge is -2.42. The zero-order chi connectivity index (χ0) is 33.1. The number of rotatable bonds is 3. The van der Waals surface area contributed by atoms with Crippen LogP contribution in [0.1, 0.15) is 31.1 Å². The fraction of sp³-hybridized carbons (Fsp3) is 0.222.